The van der Waals surface area contributed by atoms with E-state index >= 15 is 0 Å². The molecule has 0 unspecified atom stereocenters. The fourth-order valence-corrected chi connectivity index (χ4v) is 4.73. The van der Waals surface area contributed by atoms with Crippen molar-refractivity contribution in [3.05, 3.63) is 77.0 Å². The molecule has 2 aliphatic heterocycles. The minimum absolute atomic E-state index is 0.0674. The maximum absolute atomic E-state index is 13.4. The van der Waals surface area contributed by atoms with Gasteiger partial charge >= 0.3 is 0 Å². The lowest BCUT2D eigenvalue weighted by Gasteiger charge is -2.43. The number of amides is 1. The summed E-state index contributed by atoms with van der Waals surface area (Å²) in [6.45, 7) is 0. The molecule has 0 bridgehead atoms. The number of anilines is 2. The van der Waals surface area contributed by atoms with E-state index < -0.39 is 11.3 Å². The molecule has 5 rings (SSSR count). The van der Waals surface area contributed by atoms with Gasteiger partial charge in [-0.05, 0) is 31.0 Å². The number of ketones is 1. The molecule has 0 radical (unpaired) electrons. The van der Waals surface area contributed by atoms with E-state index in [4.69, 9.17) is 5.73 Å². The van der Waals surface area contributed by atoms with E-state index in [0.29, 0.717) is 47.5 Å². The summed E-state index contributed by atoms with van der Waals surface area (Å²) in [7, 11) is 0. The number of pyridine rings is 1. The zero-order valence-corrected chi connectivity index (χ0v) is 15.5. The van der Waals surface area contributed by atoms with Gasteiger partial charge in [0.2, 0.25) is 5.91 Å². The summed E-state index contributed by atoms with van der Waals surface area (Å²) in [6.07, 6.45) is 4.83. The van der Waals surface area contributed by atoms with Crippen LogP contribution in [0.15, 0.2) is 71.5 Å². The molecule has 7 nitrogen and oxygen atoms in total. The van der Waals surface area contributed by atoms with Crippen LogP contribution in [0.5, 0.6) is 0 Å². The number of benzene rings is 1. The molecule has 0 fully saturated rings. The van der Waals surface area contributed by atoms with E-state index in [-0.39, 0.29) is 17.2 Å². The van der Waals surface area contributed by atoms with Crippen LogP contribution in [0, 0.1) is 11.3 Å². The Bertz CT molecular complexity index is 1180. The molecular formula is C22H17N5O2. The van der Waals surface area contributed by atoms with E-state index in [0.717, 1.165) is 0 Å². The molecule has 3 aliphatic rings. The molecule has 0 saturated heterocycles. The number of para-hydroxylation sites is 1. The summed E-state index contributed by atoms with van der Waals surface area (Å²) in [4.78, 5) is 32.5. The second-order valence-corrected chi connectivity index (χ2v) is 7.27. The normalized spacial score (nSPS) is 23.1. The first-order valence-electron chi connectivity index (χ1n) is 9.39. The third-order valence-corrected chi connectivity index (χ3v) is 5.84. The SMILES string of the molecule is N#CC1=C(N)N(c2cccnc2)C2=C(C(=O)CCC2)[C@@]12C(=O)Nc1ccccc12. The van der Waals surface area contributed by atoms with Crippen LogP contribution in [0.4, 0.5) is 11.4 Å². The lowest BCUT2D eigenvalue weighted by atomic mass is 9.64. The Balaban J connectivity index is 1.90. The first-order chi connectivity index (χ1) is 14.1. The summed E-state index contributed by atoms with van der Waals surface area (Å²) in [5.74, 6) is -0.389. The Morgan fingerprint density at radius 2 is 2.00 bits per heavy atom. The standard InChI is InChI=1S/C22H17N5O2/c23-11-15-20(24)27(13-5-4-10-25-12-13)17-8-3-9-18(28)19(17)22(15)14-6-1-2-7-16(14)26-21(22)29/h1-2,4-7,10,12H,3,8-9,24H2,(H,26,29)/t22-/m0/s1. The monoisotopic (exact) mass is 383 g/mol. The van der Waals surface area contributed by atoms with Crippen LogP contribution in [-0.4, -0.2) is 16.7 Å². The maximum atomic E-state index is 13.4. The third-order valence-electron chi connectivity index (χ3n) is 5.84. The zero-order chi connectivity index (χ0) is 20.2. The molecule has 1 amide bonds. The summed E-state index contributed by atoms with van der Waals surface area (Å²) in [6, 6.07) is 12.9. The molecule has 2 aromatic rings. The average Bonchev–Trinajstić information content (AvgIpc) is 3.02. The highest BCUT2D eigenvalue weighted by Gasteiger charge is 2.59. The Hall–Kier alpha value is -3.92. The quantitative estimate of drug-likeness (QED) is 0.782. The largest absolute Gasteiger partial charge is 0.384 e. The third kappa shape index (κ3) is 2.08. The number of nitrogens with two attached hydrogens (primary N) is 1. The van der Waals surface area contributed by atoms with Gasteiger partial charge in [-0.1, -0.05) is 18.2 Å². The molecule has 0 saturated carbocycles. The van der Waals surface area contributed by atoms with Crippen LogP contribution in [0.25, 0.3) is 0 Å². The fourth-order valence-electron chi connectivity index (χ4n) is 4.73. The Labute approximate surface area is 167 Å². The van der Waals surface area contributed by atoms with E-state index in [9.17, 15) is 14.9 Å². The van der Waals surface area contributed by atoms with Gasteiger partial charge in [-0.2, -0.15) is 5.26 Å². The number of carbonyl (C=O) groups is 2. The minimum Gasteiger partial charge on any atom is -0.384 e. The molecule has 1 aromatic heterocycles. The van der Waals surface area contributed by atoms with Crippen LogP contribution >= 0.6 is 0 Å². The Morgan fingerprint density at radius 1 is 1.17 bits per heavy atom. The minimum atomic E-state index is -1.51. The highest BCUT2D eigenvalue weighted by molar-refractivity contribution is 6.19. The van der Waals surface area contributed by atoms with E-state index in [1.165, 1.54) is 0 Å². The van der Waals surface area contributed by atoms with Crippen LogP contribution in [0.3, 0.4) is 0 Å². The number of nitriles is 1. The van der Waals surface area contributed by atoms with E-state index in [2.05, 4.69) is 16.4 Å². The van der Waals surface area contributed by atoms with Crippen molar-refractivity contribution in [3.8, 4) is 6.07 Å². The molecule has 29 heavy (non-hydrogen) atoms. The lowest BCUT2D eigenvalue weighted by molar-refractivity contribution is -0.122. The fraction of sp³-hybridized carbons (Fsp3) is 0.182. The van der Waals surface area contributed by atoms with Crippen molar-refractivity contribution < 1.29 is 9.59 Å². The van der Waals surface area contributed by atoms with Gasteiger partial charge in [0.05, 0.1) is 17.5 Å². The number of nitrogens with zero attached hydrogens (tertiary/aromatic N) is 3. The van der Waals surface area contributed by atoms with Crippen molar-refractivity contribution in [2.75, 3.05) is 10.2 Å². The number of fused-ring (bicyclic) bond motifs is 3. The lowest BCUT2D eigenvalue weighted by Crippen LogP contribution is -2.50. The van der Waals surface area contributed by atoms with Crippen molar-refractivity contribution in [1.82, 2.24) is 4.98 Å². The smallest absolute Gasteiger partial charge is 0.245 e. The number of carbonyl (C=O) groups excluding carboxylic acids is 2. The van der Waals surface area contributed by atoms with Crippen molar-refractivity contribution in [3.63, 3.8) is 0 Å². The predicted molar refractivity (Wildman–Crippen MR) is 106 cm³/mol. The molecule has 1 atom stereocenters. The number of aromatic nitrogens is 1. The number of Topliss-reactive ketones (excluding diaryl/α,β-unsaturated/α-hetero) is 1. The summed E-state index contributed by atoms with van der Waals surface area (Å²) >= 11 is 0. The average molecular weight is 383 g/mol. The number of allylic oxidation sites excluding steroid dienone is 1. The number of hydrogen-bond acceptors (Lipinski definition) is 6. The van der Waals surface area contributed by atoms with Crippen molar-refractivity contribution >= 4 is 23.1 Å². The summed E-state index contributed by atoms with van der Waals surface area (Å²) in [5.41, 5.74) is 7.93. The highest BCUT2D eigenvalue weighted by Crippen LogP contribution is 2.54. The number of rotatable bonds is 1. The Kier molecular flexibility index (Phi) is 3.58. The van der Waals surface area contributed by atoms with Crippen LogP contribution < -0.4 is 16.0 Å². The first-order valence-corrected chi connectivity index (χ1v) is 9.39. The van der Waals surface area contributed by atoms with Crippen molar-refractivity contribution in [2.24, 2.45) is 5.73 Å². The summed E-state index contributed by atoms with van der Waals surface area (Å²) in [5, 5.41) is 13.0. The molecular weight excluding hydrogens is 366 g/mol. The molecule has 1 aliphatic carbocycles. The van der Waals surface area contributed by atoms with E-state index in [1.807, 2.05) is 6.07 Å². The van der Waals surface area contributed by atoms with E-state index in [1.54, 1.807) is 47.6 Å². The van der Waals surface area contributed by atoms with Gasteiger partial charge in [0, 0.05) is 35.1 Å². The molecule has 3 N–H and O–H groups in total. The molecule has 1 aromatic carbocycles. The molecule has 7 heteroatoms. The second kappa shape index (κ2) is 6.04. The van der Waals surface area contributed by atoms with Gasteiger partial charge < -0.3 is 11.1 Å². The van der Waals surface area contributed by atoms with Gasteiger partial charge in [0.1, 0.15) is 17.3 Å². The van der Waals surface area contributed by atoms with Gasteiger partial charge in [-0.3, -0.25) is 19.5 Å². The topological polar surface area (TPSA) is 112 Å². The number of nitrogens with one attached hydrogen (secondary N) is 1. The Morgan fingerprint density at radius 3 is 2.76 bits per heavy atom. The van der Waals surface area contributed by atoms with Gasteiger partial charge in [0.25, 0.3) is 0 Å². The van der Waals surface area contributed by atoms with Crippen LogP contribution in [0.1, 0.15) is 24.8 Å². The van der Waals surface area contributed by atoms with Gasteiger partial charge in [-0.15, -0.1) is 0 Å². The maximum Gasteiger partial charge on any atom is 0.245 e. The van der Waals surface area contributed by atoms with Gasteiger partial charge in [0.15, 0.2) is 5.78 Å². The zero-order valence-electron chi connectivity index (χ0n) is 15.5. The second-order valence-electron chi connectivity index (χ2n) is 7.27. The highest BCUT2D eigenvalue weighted by atomic mass is 16.2. The summed E-state index contributed by atoms with van der Waals surface area (Å²) < 4.78 is 0. The molecule has 3 heterocycles. The number of hydrogen-bond donors (Lipinski definition) is 2. The molecule has 142 valence electrons. The van der Waals surface area contributed by atoms with Gasteiger partial charge in [-0.25, -0.2) is 0 Å². The van der Waals surface area contributed by atoms with Crippen molar-refractivity contribution in [2.45, 2.75) is 24.7 Å². The first kappa shape index (κ1) is 17.2. The van der Waals surface area contributed by atoms with Crippen LogP contribution in [0.2, 0.25) is 0 Å². The molecule has 1 spiro atoms. The van der Waals surface area contributed by atoms with Crippen molar-refractivity contribution in [1.29, 1.82) is 5.26 Å². The predicted octanol–water partition coefficient (Wildman–Crippen LogP) is 2.49. The van der Waals surface area contributed by atoms with Crippen LogP contribution in [-0.2, 0) is 15.0 Å².